The predicted molar refractivity (Wildman–Crippen MR) is 165 cm³/mol. The van der Waals surface area contributed by atoms with Crippen LogP contribution in [0.2, 0.25) is 0 Å². The van der Waals surface area contributed by atoms with Crippen LogP contribution in [0.3, 0.4) is 0 Å². The molecule has 46 heavy (non-hydrogen) atoms. The highest BCUT2D eigenvalue weighted by Crippen LogP contribution is 2.57. The lowest BCUT2D eigenvalue weighted by atomic mass is 9.73. The van der Waals surface area contributed by atoms with Crippen molar-refractivity contribution in [3.05, 3.63) is 65.0 Å². The van der Waals surface area contributed by atoms with Crippen LogP contribution in [0.4, 0.5) is 0 Å². The second kappa shape index (κ2) is 12.1. The number of para-hydroxylation sites is 1. The van der Waals surface area contributed by atoms with Gasteiger partial charge in [-0.1, -0.05) is 29.4 Å². The van der Waals surface area contributed by atoms with Crippen LogP contribution in [0, 0.1) is 17.2 Å². The summed E-state index contributed by atoms with van der Waals surface area (Å²) in [6, 6.07) is 12.9. The highest BCUT2D eigenvalue weighted by Gasteiger charge is 2.43. The third-order valence-corrected chi connectivity index (χ3v) is 8.39. The Bertz CT molecular complexity index is 1880. The molecule has 13 heteroatoms. The van der Waals surface area contributed by atoms with Crippen molar-refractivity contribution in [1.29, 1.82) is 5.26 Å². The van der Waals surface area contributed by atoms with Crippen LogP contribution in [-0.2, 0) is 17.9 Å². The van der Waals surface area contributed by atoms with E-state index in [9.17, 15) is 10.4 Å². The summed E-state index contributed by atoms with van der Waals surface area (Å²) >= 11 is 0. The van der Waals surface area contributed by atoms with E-state index >= 15 is 0 Å². The van der Waals surface area contributed by atoms with Gasteiger partial charge in [0.1, 0.15) is 23.1 Å². The SMILES string of the molecule is COc1cc2c(c(OC)c1OC)-c1c(cc3c(c1OC)OCO3)C[C@H](C)[C@@](C)(O)/C2=N/OCc1cn(-c2ccccc2C#N)nn1. The van der Waals surface area contributed by atoms with Crippen LogP contribution < -0.4 is 28.4 Å². The Morgan fingerprint density at radius 1 is 1.04 bits per heavy atom. The van der Waals surface area contributed by atoms with E-state index in [0.29, 0.717) is 74.6 Å². The van der Waals surface area contributed by atoms with Crippen LogP contribution in [-0.4, -0.2) is 66.6 Å². The van der Waals surface area contributed by atoms with Crippen molar-refractivity contribution in [2.45, 2.75) is 32.5 Å². The maximum atomic E-state index is 12.2. The van der Waals surface area contributed by atoms with E-state index in [2.05, 4.69) is 21.5 Å². The molecule has 0 bridgehead atoms. The molecule has 4 aromatic rings. The van der Waals surface area contributed by atoms with Gasteiger partial charge in [-0.3, -0.25) is 0 Å². The van der Waals surface area contributed by atoms with Gasteiger partial charge >= 0.3 is 0 Å². The van der Waals surface area contributed by atoms with Crippen molar-refractivity contribution in [1.82, 2.24) is 15.0 Å². The quantitative estimate of drug-likeness (QED) is 0.276. The van der Waals surface area contributed by atoms with Gasteiger partial charge in [0, 0.05) is 16.7 Å². The standard InChI is InChI=1S/C33H33N5O8/c1-18-11-20-12-25-29(45-17-44-25)30(42-5)26(20)27-22(13-24(40-3)28(41-4)31(27)43-6)32(33(18,2)39)36-46-16-21-15-38(37-35-21)23-10-8-7-9-19(23)14-34/h7-10,12-13,15,18,39H,11,16-17H2,1-6H3/b36-32+/t18-,33+/m0/s1. The van der Waals surface area contributed by atoms with E-state index in [-0.39, 0.29) is 25.0 Å². The molecule has 0 fully saturated rings. The highest BCUT2D eigenvalue weighted by molar-refractivity contribution is 6.13. The third kappa shape index (κ3) is 4.96. The molecule has 1 aliphatic carbocycles. The summed E-state index contributed by atoms with van der Waals surface area (Å²) in [5.41, 5.74) is 2.74. The van der Waals surface area contributed by atoms with E-state index in [0.717, 1.165) is 5.56 Å². The fourth-order valence-electron chi connectivity index (χ4n) is 5.87. The van der Waals surface area contributed by atoms with Crippen molar-refractivity contribution in [3.63, 3.8) is 0 Å². The predicted octanol–water partition coefficient (Wildman–Crippen LogP) is 4.43. The molecular weight excluding hydrogens is 594 g/mol. The maximum absolute atomic E-state index is 12.2. The number of rotatable bonds is 8. The first-order valence-corrected chi connectivity index (χ1v) is 14.4. The van der Waals surface area contributed by atoms with E-state index in [1.807, 2.05) is 19.1 Å². The average Bonchev–Trinajstić information content (AvgIpc) is 3.74. The number of oxime groups is 1. The Labute approximate surface area is 265 Å². The lowest BCUT2D eigenvalue weighted by Crippen LogP contribution is -2.44. The first-order chi connectivity index (χ1) is 22.3. The molecular formula is C33H33N5O8. The number of benzene rings is 3. The summed E-state index contributed by atoms with van der Waals surface area (Å²) in [6.45, 7) is 3.60. The van der Waals surface area contributed by atoms with Gasteiger partial charge in [0.25, 0.3) is 0 Å². The Morgan fingerprint density at radius 2 is 1.80 bits per heavy atom. The molecule has 1 aliphatic heterocycles. The zero-order valence-electron chi connectivity index (χ0n) is 26.3. The molecule has 0 saturated carbocycles. The van der Waals surface area contributed by atoms with E-state index in [1.165, 1.54) is 26.0 Å². The molecule has 2 aliphatic rings. The fraction of sp³-hybridized carbons (Fsp3) is 0.333. The maximum Gasteiger partial charge on any atom is 0.231 e. The first kappa shape index (κ1) is 30.5. The highest BCUT2D eigenvalue weighted by atomic mass is 16.7. The zero-order chi connectivity index (χ0) is 32.6. The molecule has 2 heterocycles. The number of ether oxygens (including phenoxy) is 6. The molecule has 6 rings (SSSR count). The molecule has 2 atom stereocenters. The molecule has 1 N–H and O–H groups in total. The van der Waals surface area contributed by atoms with E-state index in [4.69, 9.17) is 33.3 Å². The van der Waals surface area contributed by atoms with Crippen LogP contribution in [0.15, 0.2) is 47.8 Å². The lowest BCUT2D eigenvalue weighted by Gasteiger charge is -2.36. The largest absolute Gasteiger partial charge is 0.493 e. The van der Waals surface area contributed by atoms with Gasteiger partial charge in [-0.25, -0.2) is 4.68 Å². The number of aromatic nitrogens is 3. The smallest absolute Gasteiger partial charge is 0.231 e. The van der Waals surface area contributed by atoms with E-state index in [1.54, 1.807) is 44.5 Å². The number of fused-ring (bicyclic) bond motifs is 4. The number of aliphatic hydroxyl groups is 1. The molecule has 0 unspecified atom stereocenters. The third-order valence-electron chi connectivity index (χ3n) is 8.39. The van der Waals surface area contributed by atoms with Crippen molar-refractivity contribution in [2.24, 2.45) is 11.1 Å². The summed E-state index contributed by atoms with van der Waals surface area (Å²) in [4.78, 5) is 5.88. The number of methoxy groups -OCH3 is 4. The Kier molecular flexibility index (Phi) is 8.06. The Balaban J connectivity index is 1.52. The normalized spacial score (nSPS) is 18.9. The second-order valence-electron chi connectivity index (χ2n) is 11.0. The minimum atomic E-state index is -1.51. The van der Waals surface area contributed by atoms with Gasteiger partial charge in [-0.2, -0.15) is 5.26 Å². The summed E-state index contributed by atoms with van der Waals surface area (Å²) in [7, 11) is 6.12. The average molecular weight is 628 g/mol. The van der Waals surface area contributed by atoms with E-state index < -0.39 is 5.60 Å². The molecule has 0 saturated heterocycles. The van der Waals surface area contributed by atoms with Crippen molar-refractivity contribution >= 4 is 5.71 Å². The summed E-state index contributed by atoms with van der Waals surface area (Å²) in [5.74, 6) is 2.13. The molecule has 13 nitrogen and oxygen atoms in total. The minimum absolute atomic E-state index is 0.0467. The van der Waals surface area contributed by atoms with Crippen LogP contribution in [0.25, 0.3) is 16.8 Å². The Morgan fingerprint density at radius 3 is 2.52 bits per heavy atom. The topological polar surface area (TPSA) is 152 Å². The van der Waals surface area contributed by atoms with Crippen molar-refractivity contribution < 1.29 is 38.4 Å². The van der Waals surface area contributed by atoms with Crippen molar-refractivity contribution in [2.75, 3.05) is 35.2 Å². The van der Waals surface area contributed by atoms with Crippen LogP contribution >= 0.6 is 0 Å². The summed E-state index contributed by atoms with van der Waals surface area (Å²) in [6.07, 6.45) is 2.07. The minimum Gasteiger partial charge on any atom is -0.493 e. The Hall–Kier alpha value is -5.48. The number of hydrogen-bond donors (Lipinski definition) is 1. The molecule has 3 aromatic carbocycles. The van der Waals surface area contributed by atoms with Gasteiger partial charge in [0.05, 0.1) is 45.9 Å². The van der Waals surface area contributed by atoms with Crippen LogP contribution in [0.5, 0.6) is 34.5 Å². The zero-order valence-corrected chi connectivity index (χ0v) is 26.3. The van der Waals surface area contributed by atoms with Crippen molar-refractivity contribution in [3.8, 4) is 57.4 Å². The molecule has 238 valence electrons. The number of nitriles is 1. The number of hydrogen-bond acceptors (Lipinski definition) is 12. The lowest BCUT2D eigenvalue weighted by molar-refractivity contribution is 0.0625. The molecule has 0 amide bonds. The first-order valence-electron chi connectivity index (χ1n) is 14.4. The monoisotopic (exact) mass is 627 g/mol. The van der Waals surface area contributed by atoms with Crippen LogP contribution in [0.1, 0.15) is 36.2 Å². The summed E-state index contributed by atoms with van der Waals surface area (Å²) in [5, 5.41) is 34.6. The molecule has 0 spiro atoms. The van der Waals surface area contributed by atoms with Gasteiger partial charge in [-0.05, 0) is 49.1 Å². The fourth-order valence-corrected chi connectivity index (χ4v) is 5.87. The molecule has 1 aromatic heterocycles. The van der Waals surface area contributed by atoms with Gasteiger partial charge in [-0.15, -0.1) is 5.10 Å². The molecule has 0 radical (unpaired) electrons. The van der Waals surface area contributed by atoms with Gasteiger partial charge < -0.3 is 38.4 Å². The van der Waals surface area contributed by atoms with Gasteiger partial charge in [0.15, 0.2) is 29.6 Å². The summed E-state index contributed by atoms with van der Waals surface area (Å²) < 4.78 is 36.5. The van der Waals surface area contributed by atoms with Gasteiger partial charge in [0.2, 0.25) is 18.3 Å². The number of nitrogens with zero attached hydrogens (tertiary/aromatic N) is 5. The second-order valence-corrected chi connectivity index (χ2v) is 11.0.